The molecule has 0 bridgehead atoms. The molecule has 0 spiro atoms. The van der Waals surface area contributed by atoms with Crippen LogP contribution in [-0.2, 0) is 13.0 Å². The molecule has 4 rings (SSSR count). The molecule has 1 aliphatic heterocycles. The van der Waals surface area contributed by atoms with Crippen molar-refractivity contribution in [1.29, 1.82) is 10.8 Å². The summed E-state index contributed by atoms with van der Waals surface area (Å²) in [6.45, 7) is 4.96. The Morgan fingerprint density at radius 1 is 1.20 bits per heavy atom. The van der Waals surface area contributed by atoms with E-state index in [0.717, 1.165) is 28.7 Å². The van der Waals surface area contributed by atoms with Gasteiger partial charge in [-0.05, 0) is 43.2 Å². The van der Waals surface area contributed by atoms with Gasteiger partial charge in [0.1, 0.15) is 23.7 Å². The lowest BCUT2D eigenvalue weighted by Gasteiger charge is -2.31. The van der Waals surface area contributed by atoms with Crippen LogP contribution in [0.2, 0.25) is 0 Å². The van der Waals surface area contributed by atoms with Gasteiger partial charge in [-0.1, -0.05) is 6.07 Å². The van der Waals surface area contributed by atoms with Crippen molar-refractivity contribution in [3.8, 4) is 0 Å². The minimum Gasteiger partial charge on any atom is -0.350 e. The van der Waals surface area contributed by atoms with E-state index in [4.69, 9.17) is 10.8 Å². The third kappa shape index (κ3) is 3.42. The van der Waals surface area contributed by atoms with Crippen LogP contribution in [0.5, 0.6) is 0 Å². The van der Waals surface area contributed by atoms with E-state index in [1.807, 2.05) is 19.9 Å². The summed E-state index contributed by atoms with van der Waals surface area (Å²) in [4.78, 5) is 6.53. The van der Waals surface area contributed by atoms with Crippen LogP contribution in [0.15, 0.2) is 30.5 Å². The normalized spacial score (nSPS) is 13.1. The van der Waals surface area contributed by atoms with Crippen LogP contribution < -0.4 is 15.7 Å². The number of anilines is 3. The molecule has 3 aromatic rings. The van der Waals surface area contributed by atoms with Crippen LogP contribution in [0.1, 0.15) is 23.8 Å². The predicted octanol–water partition coefficient (Wildman–Crippen LogP) is 3.66. The van der Waals surface area contributed by atoms with Gasteiger partial charge in [0.25, 0.3) is 0 Å². The van der Waals surface area contributed by atoms with E-state index in [1.165, 1.54) is 22.9 Å². The Hall–Kier alpha value is -3.62. The Morgan fingerprint density at radius 2 is 1.93 bits per heavy atom. The molecule has 2 aromatic heterocycles. The molecule has 0 aliphatic carbocycles. The van der Waals surface area contributed by atoms with Gasteiger partial charge in [0.15, 0.2) is 11.3 Å². The fourth-order valence-electron chi connectivity index (χ4n) is 3.57. The zero-order valence-electron chi connectivity index (χ0n) is 16.6. The number of hydrogen-bond donors (Lipinski definition) is 3. The van der Waals surface area contributed by atoms with Crippen LogP contribution in [0.25, 0.3) is 0 Å². The number of para-hydroxylation sites is 1. The number of nitrogens with zero attached hydrogens (tertiary/aromatic N) is 4. The molecule has 0 radical (unpaired) electrons. The van der Waals surface area contributed by atoms with Crippen molar-refractivity contribution in [3.05, 3.63) is 70.0 Å². The fourth-order valence-corrected chi connectivity index (χ4v) is 3.57. The summed E-state index contributed by atoms with van der Waals surface area (Å²) in [5, 5.41) is 22.8. The molecule has 0 saturated carbocycles. The van der Waals surface area contributed by atoms with Crippen molar-refractivity contribution >= 4 is 23.5 Å². The van der Waals surface area contributed by atoms with E-state index < -0.39 is 11.6 Å². The maximum atomic E-state index is 14.0. The molecule has 1 aliphatic rings. The van der Waals surface area contributed by atoms with E-state index in [0.29, 0.717) is 31.0 Å². The Balaban J connectivity index is 0.00000272. The number of aromatic nitrogens is 3. The van der Waals surface area contributed by atoms with E-state index in [1.54, 1.807) is 6.20 Å². The highest BCUT2D eigenvalue weighted by atomic mass is 19.1. The van der Waals surface area contributed by atoms with Gasteiger partial charge in [-0.15, -0.1) is 5.10 Å². The minimum atomic E-state index is -0.670. The van der Waals surface area contributed by atoms with E-state index in [-0.39, 0.29) is 12.6 Å². The smallest absolute Gasteiger partial charge is 0.153 e. The molecular weight excluding hydrogens is 388 g/mol. The van der Waals surface area contributed by atoms with Crippen LogP contribution in [0, 0.1) is 36.3 Å². The number of halogens is 2. The third-order valence-electron chi connectivity index (χ3n) is 5.38. The second-order valence-electron chi connectivity index (χ2n) is 7.22. The highest BCUT2D eigenvalue weighted by Crippen LogP contribution is 2.28. The van der Waals surface area contributed by atoms with Crippen LogP contribution in [0.4, 0.5) is 26.0 Å². The zero-order valence-corrected chi connectivity index (χ0v) is 16.6. The highest BCUT2D eigenvalue weighted by Gasteiger charge is 2.22. The first-order valence-corrected chi connectivity index (χ1v) is 9.48. The van der Waals surface area contributed by atoms with Gasteiger partial charge in [0, 0.05) is 32.2 Å². The van der Waals surface area contributed by atoms with E-state index in [2.05, 4.69) is 20.3 Å². The molecule has 0 saturated heterocycles. The van der Waals surface area contributed by atoms with Crippen molar-refractivity contribution in [2.75, 3.05) is 16.8 Å². The standard InChI is InChI=1S/C21H21F2N7.H2/c1-12-13(2)21(28-30(11-24)20(12)25)29-7-6-18-14(10-29)8-15(9-26-18)27-19-16(22)4-3-5-17(19)23;/h3-5,8-9,11,24-25,27H,6-7,10H2,1-2H3;1H. The Labute approximate surface area is 173 Å². The number of pyridine rings is 1. The Morgan fingerprint density at radius 3 is 2.63 bits per heavy atom. The summed E-state index contributed by atoms with van der Waals surface area (Å²) in [6, 6.07) is 5.56. The van der Waals surface area contributed by atoms with Gasteiger partial charge in [-0.25, -0.2) is 13.5 Å². The molecule has 0 atom stereocenters. The largest absolute Gasteiger partial charge is 0.350 e. The molecule has 1 aromatic carbocycles. The fraction of sp³-hybridized carbons (Fsp3) is 0.238. The molecule has 7 nitrogen and oxygen atoms in total. The van der Waals surface area contributed by atoms with Crippen molar-refractivity contribution in [2.24, 2.45) is 0 Å². The van der Waals surface area contributed by atoms with Crippen molar-refractivity contribution in [1.82, 2.24) is 14.8 Å². The summed E-state index contributed by atoms with van der Waals surface area (Å²) >= 11 is 0. The highest BCUT2D eigenvalue weighted by molar-refractivity contribution is 5.62. The van der Waals surface area contributed by atoms with Gasteiger partial charge in [-0.3, -0.25) is 15.8 Å². The maximum absolute atomic E-state index is 14.0. The lowest BCUT2D eigenvalue weighted by Crippen LogP contribution is -2.36. The third-order valence-corrected chi connectivity index (χ3v) is 5.38. The summed E-state index contributed by atoms with van der Waals surface area (Å²) in [6.07, 6.45) is 3.28. The number of rotatable bonds is 4. The summed E-state index contributed by atoms with van der Waals surface area (Å²) < 4.78 is 29.2. The predicted molar refractivity (Wildman–Crippen MR) is 112 cm³/mol. The second kappa shape index (κ2) is 7.66. The summed E-state index contributed by atoms with van der Waals surface area (Å²) in [5.41, 5.74) is 3.98. The van der Waals surface area contributed by atoms with Crippen LogP contribution >= 0.6 is 0 Å². The molecular formula is C21H23F2N7. The monoisotopic (exact) mass is 411 g/mol. The van der Waals surface area contributed by atoms with Crippen LogP contribution in [-0.4, -0.2) is 27.6 Å². The van der Waals surface area contributed by atoms with Crippen molar-refractivity contribution in [2.45, 2.75) is 26.8 Å². The number of fused-ring (bicyclic) bond motifs is 1. The molecule has 0 unspecified atom stereocenters. The first-order valence-electron chi connectivity index (χ1n) is 9.48. The first-order chi connectivity index (χ1) is 14.4. The van der Waals surface area contributed by atoms with Crippen LogP contribution in [0.3, 0.4) is 0 Å². The molecule has 0 fully saturated rings. The van der Waals surface area contributed by atoms with Gasteiger partial charge in [0.05, 0.1) is 11.9 Å². The molecule has 0 amide bonds. The summed E-state index contributed by atoms with van der Waals surface area (Å²) in [7, 11) is 0. The van der Waals surface area contributed by atoms with Crippen molar-refractivity contribution in [3.63, 3.8) is 0 Å². The second-order valence-corrected chi connectivity index (χ2v) is 7.22. The Bertz CT molecular complexity index is 1190. The van der Waals surface area contributed by atoms with Gasteiger partial charge in [0.2, 0.25) is 0 Å². The molecule has 3 N–H and O–H groups in total. The number of benzene rings is 1. The quantitative estimate of drug-likeness (QED) is 0.451. The van der Waals surface area contributed by atoms with Gasteiger partial charge < -0.3 is 10.2 Å². The summed E-state index contributed by atoms with van der Waals surface area (Å²) in [5.74, 6) is -0.635. The molecule has 9 heteroatoms. The average Bonchev–Trinajstić information content (AvgIpc) is 2.74. The maximum Gasteiger partial charge on any atom is 0.153 e. The lowest BCUT2D eigenvalue weighted by molar-refractivity contribution is 0.590. The van der Waals surface area contributed by atoms with Gasteiger partial charge >= 0.3 is 0 Å². The number of nitrogens with one attached hydrogen (secondary N) is 3. The van der Waals surface area contributed by atoms with E-state index >= 15 is 0 Å². The molecule has 30 heavy (non-hydrogen) atoms. The van der Waals surface area contributed by atoms with E-state index in [9.17, 15) is 8.78 Å². The average molecular weight is 411 g/mol. The van der Waals surface area contributed by atoms with Crippen molar-refractivity contribution < 1.29 is 10.2 Å². The topological polar surface area (TPSA) is 93.7 Å². The minimum absolute atomic E-state index is 0. The molecule has 3 heterocycles. The van der Waals surface area contributed by atoms with Gasteiger partial charge in [-0.2, -0.15) is 0 Å². The zero-order chi connectivity index (χ0) is 21.4. The SMILES string of the molecule is Cc1c(N2CCc3ncc(Nc4c(F)cccc4F)cc3C2)nn(C=N)c(=N)c1C.[HH]. The Kier molecular flexibility index (Phi) is 5.03. The first kappa shape index (κ1) is 19.7. The number of hydrogen-bond acceptors (Lipinski definition) is 6. The lowest BCUT2D eigenvalue weighted by atomic mass is 10.0. The molecule has 156 valence electrons.